The van der Waals surface area contributed by atoms with Crippen molar-refractivity contribution in [3.63, 3.8) is 0 Å². The van der Waals surface area contributed by atoms with E-state index in [2.05, 4.69) is 20.8 Å². The van der Waals surface area contributed by atoms with Gasteiger partial charge in [-0.15, -0.1) is 11.3 Å². The number of nitrogens with two attached hydrogens (primary N) is 1. The van der Waals surface area contributed by atoms with Gasteiger partial charge in [-0.25, -0.2) is 0 Å². The van der Waals surface area contributed by atoms with Crippen LogP contribution in [0.3, 0.4) is 0 Å². The molecule has 2 heterocycles. The molecule has 6 heteroatoms. The van der Waals surface area contributed by atoms with Gasteiger partial charge in [-0.05, 0) is 34.1 Å². The smallest absolute Gasteiger partial charge is 0.254 e. The van der Waals surface area contributed by atoms with Crippen molar-refractivity contribution in [2.24, 2.45) is 0 Å². The van der Waals surface area contributed by atoms with Crippen LogP contribution in [0, 0.1) is 0 Å². The molecule has 1 amide bonds. The Morgan fingerprint density at radius 1 is 1.19 bits per heavy atom. The van der Waals surface area contributed by atoms with Gasteiger partial charge in [0.05, 0.1) is 20.7 Å². The molecule has 2 N–H and O–H groups in total. The van der Waals surface area contributed by atoms with Crippen LogP contribution in [0.1, 0.15) is 10.4 Å². The van der Waals surface area contributed by atoms with Gasteiger partial charge in [0.15, 0.2) is 0 Å². The third kappa shape index (κ3) is 3.06. The second kappa shape index (κ2) is 6.07. The molecule has 0 bridgehead atoms. The van der Waals surface area contributed by atoms with Crippen molar-refractivity contribution in [1.29, 1.82) is 0 Å². The van der Waals surface area contributed by atoms with E-state index < -0.39 is 0 Å². The molecule has 1 fully saturated rings. The Kier molecular flexibility index (Phi) is 4.17. The van der Waals surface area contributed by atoms with Gasteiger partial charge < -0.3 is 15.5 Å². The predicted molar refractivity (Wildman–Crippen MR) is 91.0 cm³/mol. The lowest BCUT2D eigenvalue weighted by molar-refractivity contribution is 0.0747. The molecule has 2 aromatic rings. The second-order valence-electron chi connectivity index (χ2n) is 4.98. The van der Waals surface area contributed by atoms with E-state index in [1.54, 1.807) is 0 Å². The van der Waals surface area contributed by atoms with Crippen molar-refractivity contribution < 1.29 is 4.79 Å². The van der Waals surface area contributed by atoms with E-state index in [0.717, 1.165) is 46.9 Å². The minimum absolute atomic E-state index is 0.109. The van der Waals surface area contributed by atoms with Gasteiger partial charge in [0.2, 0.25) is 0 Å². The first-order chi connectivity index (χ1) is 10.1. The normalized spacial score (nSPS) is 15.3. The van der Waals surface area contributed by atoms with Crippen LogP contribution < -0.4 is 10.6 Å². The molecule has 0 saturated carbocycles. The van der Waals surface area contributed by atoms with Gasteiger partial charge in [0, 0.05) is 31.6 Å². The summed E-state index contributed by atoms with van der Waals surface area (Å²) in [5.41, 5.74) is 8.63. The van der Waals surface area contributed by atoms with Crippen LogP contribution >= 0.6 is 27.3 Å². The number of thiophene rings is 1. The van der Waals surface area contributed by atoms with Crippen LogP contribution in [-0.2, 0) is 0 Å². The summed E-state index contributed by atoms with van der Waals surface area (Å²) in [4.78, 5) is 16.5. The van der Waals surface area contributed by atoms with Crippen molar-refractivity contribution >= 4 is 44.5 Å². The van der Waals surface area contributed by atoms with Gasteiger partial charge in [-0.2, -0.15) is 0 Å². The topological polar surface area (TPSA) is 49.6 Å². The highest BCUT2D eigenvalue weighted by atomic mass is 79.9. The maximum absolute atomic E-state index is 12.4. The van der Waals surface area contributed by atoms with E-state index in [9.17, 15) is 4.79 Å². The molecule has 21 heavy (non-hydrogen) atoms. The largest absolute Gasteiger partial charge is 0.397 e. The maximum atomic E-state index is 12.4. The zero-order valence-corrected chi connectivity index (χ0v) is 13.9. The number of para-hydroxylation sites is 2. The lowest BCUT2D eigenvalue weighted by atomic mass is 10.2. The number of carbonyl (C=O) groups excluding carboxylic acids is 1. The van der Waals surface area contributed by atoms with Crippen molar-refractivity contribution in [3.05, 3.63) is 45.1 Å². The van der Waals surface area contributed by atoms with E-state index in [0.29, 0.717) is 0 Å². The number of rotatable bonds is 2. The molecule has 3 rings (SSSR count). The minimum atomic E-state index is 0.109. The Morgan fingerprint density at radius 3 is 2.52 bits per heavy atom. The number of hydrogen-bond donors (Lipinski definition) is 1. The van der Waals surface area contributed by atoms with Crippen LogP contribution in [0.4, 0.5) is 11.4 Å². The highest BCUT2D eigenvalue weighted by molar-refractivity contribution is 9.11. The molecular weight excluding hydrogens is 350 g/mol. The average Bonchev–Trinajstić information content (AvgIpc) is 2.94. The summed E-state index contributed by atoms with van der Waals surface area (Å²) in [5, 5.41) is 1.90. The molecule has 1 aromatic carbocycles. The quantitative estimate of drug-likeness (QED) is 0.832. The number of hydrogen-bond acceptors (Lipinski definition) is 4. The highest BCUT2D eigenvalue weighted by Crippen LogP contribution is 2.25. The maximum Gasteiger partial charge on any atom is 0.254 e. The first-order valence-electron chi connectivity index (χ1n) is 6.78. The summed E-state index contributed by atoms with van der Waals surface area (Å²) >= 11 is 4.94. The first-order valence-corrected chi connectivity index (χ1v) is 8.45. The standard InChI is InChI=1S/C15H16BrN3OS/c16-14-9-11(10-21-14)15(20)19-7-5-18(6-8-19)13-4-2-1-3-12(13)17/h1-4,9-10H,5-8,17H2. The van der Waals surface area contributed by atoms with Crippen molar-refractivity contribution in [2.75, 3.05) is 36.8 Å². The number of piperazine rings is 1. The van der Waals surface area contributed by atoms with Gasteiger partial charge >= 0.3 is 0 Å². The average molecular weight is 366 g/mol. The lowest BCUT2D eigenvalue weighted by Gasteiger charge is -2.36. The SMILES string of the molecule is Nc1ccccc1N1CCN(C(=O)c2csc(Br)c2)CC1. The minimum Gasteiger partial charge on any atom is -0.397 e. The Labute approximate surface area is 136 Å². The van der Waals surface area contributed by atoms with Crippen molar-refractivity contribution in [1.82, 2.24) is 4.90 Å². The molecule has 0 radical (unpaired) electrons. The van der Waals surface area contributed by atoms with Crippen LogP contribution in [0.15, 0.2) is 39.5 Å². The van der Waals surface area contributed by atoms with Gasteiger partial charge in [0.1, 0.15) is 0 Å². The van der Waals surface area contributed by atoms with Crippen molar-refractivity contribution in [3.8, 4) is 0 Å². The fraction of sp³-hybridized carbons (Fsp3) is 0.267. The number of nitrogen functional groups attached to an aromatic ring is 1. The Bertz CT molecular complexity index is 650. The Hall–Kier alpha value is -1.53. The predicted octanol–water partition coefficient (Wildman–Crippen LogP) is 3.06. The third-order valence-corrected chi connectivity index (χ3v) is 5.16. The number of amides is 1. The molecule has 0 atom stereocenters. The number of nitrogens with zero attached hydrogens (tertiary/aromatic N) is 2. The third-order valence-electron chi connectivity index (χ3n) is 3.66. The molecule has 0 aliphatic carbocycles. The summed E-state index contributed by atoms with van der Waals surface area (Å²) in [7, 11) is 0. The van der Waals surface area contributed by atoms with Crippen molar-refractivity contribution in [2.45, 2.75) is 0 Å². The van der Waals surface area contributed by atoms with E-state index in [1.165, 1.54) is 11.3 Å². The summed E-state index contributed by atoms with van der Waals surface area (Å²) in [6.45, 7) is 3.07. The molecule has 1 aliphatic rings. The molecular formula is C15H16BrN3OS. The van der Waals surface area contributed by atoms with E-state index in [1.807, 2.05) is 40.6 Å². The molecule has 1 aliphatic heterocycles. The van der Waals surface area contributed by atoms with Gasteiger partial charge in [-0.3, -0.25) is 4.79 Å². The first kappa shape index (κ1) is 14.4. The Balaban J connectivity index is 1.65. The van der Waals surface area contributed by atoms with E-state index >= 15 is 0 Å². The van der Waals surface area contributed by atoms with Gasteiger partial charge in [-0.1, -0.05) is 12.1 Å². The summed E-state index contributed by atoms with van der Waals surface area (Å²) in [6, 6.07) is 9.76. The monoisotopic (exact) mass is 365 g/mol. The van der Waals surface area contributed by atoms with E-state index in [4.69, 9.17) is 5.73 Å². The molecule has 110 valence electrons. The highest BCUT2D eigenvalue weighted by Gasteiger charge is 2.23. The zero-order valence-electron chi connectivity index (χ0n) is 11.5. The fourth-order valence-corrected chi connectivity index (χ4v) is 3.66. The van der Waals surface area contributed by atoms with Crippen LogP contribution in [-0.4, -0.2) is 37.0 Å². The summed E-state index contributed by atoms with van der Waals surface area (Å²) in [5.74, 6) is 0.109. The lowest BCUT2D eigenvalue weighted by Crippen LogP contribution is -2.48. The number of anilines is 2. The van der Waals surface area contributed by atoms with Crippen LogP contribution in [0.25, 0.3) is 0 Å². The van der Waals surface area contributed by atoms with Gasteiger partial charge in [0.25, 0.3) is 5.91 Å². The molecule has 1 saturated heterocycles. The summed E-state index contributed by atoms with van der Waals surface area (Å²) < 4.78 is 0.988. The Morgan fingerprint density at radius 2 is 1.90 bits per heavy atom. The molecule has 4 nitrogen and oxygen atoms in total. The molecule has 1 aromatic heterocycles. The zero-order chi connectivity index (χ0) is 14.8. The fourth-order valence-electron chi connectivity index (χ4n) is 2.53. The second-order valence-corrected chi connectivity index (χ2v) is 7.27. The molecule has 0 unspecified atom stereocenters. The number of carbonyl (C=O) groups is 1. The van der Waals surface area contributed by atoms with Crippen LogP contribution in [0.5, 0.6) is 0 Å². The number of benzene rings is 1. The number of halogens is 1. The van der Waals surface area contributed by atoms with Crippen LogP contribution in [0.2, 0.25) is 0 Å². The summed E-state index contributed by atoms with van der Waals surface area (Å²) in [6.07, 6.45) is 0. The van der Waals surface area contributed by atoms with E-state index in [-0.39, 0.29) is 5.91 Å². The molecule has 0 spiro atoms.